The average molecular weight is 583 g/mol. The average Bonchev–Trinajstić information content (AvgIpc) is 2.89. The number of alkyl halides is 1. The Kier molecular flexibility index (Phi) is 9.08. The number of nitrogens with zero attached hydrogens (tertiary/aromatic N) is 1. The third kappa shape index (κ3) is 7.70. The molecule has 0 aliphatic rings. The molecule has 0 bridgehead atoms. The van der Waals surface area contributed by atoms with Gasteiger partial charge in [-0.15, -0.1) is 0 Å². The van der Waals surface area contributed by atoms with Crippen molar-refractivity contribution in [2.45, 2.75) is 46.0 Å². The summed E-state index contributed by atoms with van der Waals surface area (Å²) >= 11 is 3.55. The molecule has 0 spiro atoms. The predicted molar refractivity (Wildman–Crippen MR) is 168 cm³/mol. The van der Waals surface area contributed by atoms with Crippen LogP contribution in [0.5, 0.6) is 11.5 Å². The van der Waals surface area contributed by atoms with Gasteiger partial charge >= 0.3 is 0 Å². The highest BCUT2D eigenvalue weighted by molar-refractivity contribution is 9.10. The summed E-state index contributed by atoms with van der Waals surface area (Å²) in [6.07, 6.45) is 0. The Labute approximate surface area is 241 Å². The number of ether oxygens (including phenoxy) is 2. The maximum atomic E-state index is 6.02. The standard InChI is InChI=1S/C35H36BrNO2/c1-7-38-31-20-16-29(17-21-31)33(27-12-8-24(2)9-13-27)34(28-14-10-25(3)11-15-28)30-18-22-32(23-19-30)39-26(4)37-35(5,6)36/h8-23H,7H2,1-6H3/b34-33-,37-26+. The van der Waals surface area contributed by atoms with Gasteiger partial charge in [-0.1, -0.05) is 99.9 Å². The van der Waals surface area contributed by atoms with Crippen LogP contribution in [0.3, 0.4) is 0 Å². The molecule has 4 aromatic rings. The fourth-order valence-electron chi connectivity index (χ4n) is 4.49. The van der Waals surface area contributed by atoms with Crippen LogP contribution in [-0.2, 0) is 0 Å². The smallest absolute Gasteiger partial charge is 0.188 e. The molecule has 200 valence electrons. The van der Waals surface area contributed by atoms with E-state index in [1.165, 1.54) is 11.1 Å². The zero-order valence-electron chi connectivity index (χ0n) is 23.6. The van der Waals surface area contributed by atoms with Crippen molar-refractivity contribution in [3.05, 3.63) is 130 Å². The van der Waals surface area contributed by atoms with Crippen LogP contribution in [-0.4, -0.2) is 17.0 Å². The molecule has 39 heavy (non-hydrogen) atoms. The summed E-state index contributed by atoms with van der Waals surface area (Å²) in [6, 6.07) is 34.1. The van der Waals surface area contributed by atoms with E-state index in [1.807, 2.05) is 52.0 Å². The predicted octanol–water partition coefficient (Wildman–Crippen LogP) is 9.64. The van der Waals surface area contributed by atoms with E-state index in [0.29, 0.717) is 12.5 Å². The van der Waals surface area contributed by atoms with E-state index in [4.69, 9.17) is 9.47 Å². The van der Waals surface area contributed by atoms with Gasteiger partial charge < -0.3 is 9.47 Å². The van der Waals surface area contributed by atoms with Crippen LogP contribution in [0, 0.1) is 13.8 Å². The molecule has 0 N–H and O–H groups in total. The monoisotopic (exact) mass is 581 g/mol. The van der Waals surface area contributed by atoms with E-state index in [0.717, 1.165) is 44.9 Å². The van der Waals surface area contributed by atoms with E-state index >= 15 is 0 Å². The molecule has 4 rings (SSSR count). The van der Waals surface area contributed by atoms with Gasteiger partial charge in [0.1, 0.15) is 15.9 Å². The Morgan fingerprint density at radius 3 is 1.36 bits per heavy atom. The largest absolute Gasteiger partial charge is 0.494 e. The summed E-state index contributed by atoms with van der Waals surface area (Å²) in [4.78, 5) is 4.54. The van der Waals surface area contributed by atoms with Crippen molar-refractivity contribution < 1.29 is 9.47 Å². The Morgan fingerprint density at radius 2 is 1.00 bits per heavy atom. The van der Waals surface area contributed by atoms with Crippen molar-refractivity contribution in [2.75, 3.05) is 6.61 Å². The molecule has 0 aliphatic carbocycles. The number of rotatable bonds is 8. The molecule has 0 heterocycles. The molecule has 0 fully saturated rings. The molecule has 0 unspecified atom stereocenters. The molecule has 0 radical (unpaired) electrons. The van der Waals surface area contributed by atoms with Crippen LogP contribution in [0.4, 0.5) is 0 Å². The van der Waals surface area contributed by atoms with Gasteiger partial charge in [-0.3, -0.25) is 0 Å². The zero-order chi connectivity index (χ0) is 28.0. The SMILES string of the molecule is CCOc1ccc(/C(=C(/c2ccc(C)cc2)c2ccc(O/C(C)=N/C(C)(C)Br)cc2)c2ccc(C)cc2)cc1. The maximum Gasteiger partial charge on any atom is 0.188 e. The number of aryl methyl sites for hydroxylation is 2. The van der Waals surface area contributed by atoms with E-state index in [9.17, 15) is 0 Å². The lowest BCUT2D eigenvalue weighted by Crippen LogP contribution is -2.12. The number of hydrogen-bond donors (Lipinski definition) is 0. The Balaban J connectivity index is 1.91. The van der Waals surface area contributed by atoms with Gasteiger partial charge in [0.2, 0.25) is 0 Å². The first-order valence-electron chi connectivity index (χ1n) is 13.3. The van der Waals surface area contributed by atoms with Crippen molar-refractivity contribution >= 4 is 33.0 Å². The second-order valence-corrected chi connectivity index (χ2v) is 12.0. The second kappa shape index (κ2) is 12.5. The minimum Gasteiger partial charge on any atom is -0.494 e. The van der Waals surface area contributed by atoms with Gasteiger partial charge in [-0.25, -0.2) is 4.99 Å². The summed E-state index contributed by atoms with van der Waals surface area (Å²) in [5.41, 5.74) is 9.31. The van der Waals surface area contributed by atoms with Crippen LogP contribution in [0.1, 0.15) is 61.1 Å². The van der Waals surface area contributed by atoms with Gasteiger partial charge in [0.15, 0.2) is 5.90 Å². The molecule has 0 amide bonds. The van der Waals surface area contributed by atoms with Crippen LogP contribution in [0.2, 0.25) is 0 Å². The summed E-state index contributed by atoms with van der Waals surface area (Å²) in [6.45, 7) is 12.7. The van der Waals surface area contributed by atoms with Gasteiger partial charge in [0, 0.05) is 6.92 Å². The molecule has 0 atom stereocenters. The number of hydrogen-bond acceptors (Lipinski definition) is 3. The summed E-state index contributed by atoms with van der Waals surface area (Å²) < 4.78 is 11.4. The summed E-state index contributed by atoms with van der Waals surface area (Å²) in [5, 5.41) is 0. The maximum absolute atomic E-state index is 6.02. The van der Waals surface area contributed by atoms with Gasteiger partial charge in [0.25, 0.3) is 0 Å². The zero-order valence-corrected chi connectivity index (χ0v) is 25.2. The van der Waals surface area contributed by atoms with Crippen molar-refractivity contribution in [3.63, 3.8) is 0 Å². The Morgan fingerprint density at radius 1 is 0.641 bits per heavy atom. The highest BCUT2D eigenvalue weighted by atomic mass is 79.9. The lowest BCUT2D eigenvalue weighted by molar-refractivity contribution is 0.340. The highest BCUT2D eigenvalue weighted by Gasteiger charge is 2.17. The van der Waals surface area contributed by atoms with Gasteiger partial charge in [-0.05, 0) is 92.3 Å². The van der Waals surface area contributed by atoms with E-state index < -0.39 is 0 Å². The molecule has 0 aromatic heterocycles. The molecular formula is C35H36BrNO2. The minimum absolute atomic E-state index is 0.376. The van der Waals surface area contributed by atoms with E-state index in [2.05, 4.69) is 108 Å². The number of aliphatic imine (C=N–C) groups is 1. The lowest BCUT2D eigenvalue weighted by Gasteiger charge is -2.19. The Hall–Kier alpha value is -3.63. The van der Waals surface area contributed by atoms with Gasteiger partial charge in [0.05, 0.1) is 6.61 Å². The molecule has 0 saturated heterocycles. The highest BCUT2D eigenvalue weighted by Crippen LogP contribution is 2.38. The summed E-state index contributed by atoms with van der Waals surface area (Å²) in [7, 11) is 0. The molecular weight excluding hydrogens is 546 g/mol. The van der Waals surface area contributed by atoms with Crippen molar-refractivity contribution in [1.29, 1.82) is 0 Å². The molecule has 0 saturated carbocycles. The van der Waals surface area contributed by atoms with Gasteiger partial charge in [-0.2, -0.15) is 0 Å². The molecule has 0 aliphatic heterocycles. The normalized spacial score (nSPS) is 12.6. The van der Waals surface area contributed by atoms with Crippen molar-refractivity contribution in [1.82, 2.24) is 0 Å². The third-order valence-electron chi connectivity index (χ3n) is 6.22. The third-order valence-corrected chi connectivity index (χ3v) is 6.39. The number of benzene rings is 4. The Bertz CT molecular complexity index is 1440. The van der Waals surface area contributed by atoms with Crippen LogP contribution >= 0.6 is 15.9 Å². The second-order valence-electron chi connectivity index (χ2n) is 10.1. The van der Waals surface area contributed by atoms with Crippen LogP contribution < -0.4 is 9.47 Å². The fraction of sp³-hybridized carbons (Fsp3) is 0.229. The number of halogens is 1. The van der Waals surface area contributed by atoms with E-state index in [1.54, 1.807) is 0 Å². The van der Waals surface area contributed by atoms with E-state index in [-0.39, 0.29) is 4.45 Å². The van der Waals surface area contributed by atoms with Crippen molar-refractivity contribution in [2.24, 2.45) is 4.99 Å². The first-order valence-corrected chi connectivity index (χ1v) is 14.1. The fourth-order valence-corrected chi connectivity index (χ4v) is 4.74. The summed E-state index contributed by atoms with van der Waals surface area (Å²) in [5.74, 6) is 2.22. The quantitative estimate of drug-likeness (QED) is 0.0681. The van der Waals surface area contributed by atoms with Crippen LogP contribution in [0.15, 0.2) is 102 Å². The molecule has 4 heteroatoms. The topological polar surface area (TPSA) is 30.8 Å². The molecule has 3 nitrogen and oxygen atoms in total. The molecule has 4 aromatic carbocycles. The van der Waals surface area contributed by atoms with Crippen molar-refractivity contribution in [3.8, 4) is 11.5 Å². The lowest BCUT2D eigenvalue weighted by atomic mass is 9.85. The first kappa shape index (κ1) is 28.4. The van der Waals surface area contributed by atoms with Crippen LogP contribution in [0.25, 0.3) is 11.1 Å². The first-order chi connectivity index (χ1) is 18.6. The minimum atomic E-state index is -0.376.